The number of halogens is 1. The van der Waals surface area contributed by atoms with E-state index < -0.39 is 50.0 Å². The Labute approximate surface area is 141 Å². The first-order valence-corrected chi connectivity index (χ1v) is 9.43. The van der Waals surface area contributed by atoms with Crippen LogP contribution in [-0.4, -0.2) is 42.5 Å². The number of ether oxygens (including phenoxy) is 1. The molecule has 1 unspecified atom stereocenters. The van der Waals surface area contributed by atoms with Crippen molar-refractivity contribution >= 4 is 22.0 Å². The van der Waals surface area contributed by atoms with Crippen molar-refractivity contribution in [2.24, 2.45) is 5.92 Å². The summed E-state index contributed by atoms with van der Waals surface area (Å²) in [5.74, 6) is -1.69. The van der Waals surface area contributed by atoms with Gasteiger partial charge >= 0.3 is 6.09 Å². The number of alkyl halides is 1. The standard InChI is InChI=1S/C15H25FN2O5S/c1-9(16)10-8-15(10,17-12(20)23-13(2,3)4)11(19)18-24(21,22)14(5)6-7-14/h9-10H,6-8H2,1-5H3,(H,17,20)(H,18,19)/t9?,10-,15+/m0/s1. The number of alkyl carbamates (subject to hydrolysis) is 1. The maximum absolute atomic E-state index is 13.7. The van der Waals surface area contributed by atoms with E-state index in [2.05, 4.69) is 5.32 Å². The summed E-state index contributed by atoms with van der Waals surface area (Å²) in [7, 11) is -3.86. The van der Waals surface area contributed by atoms with Crippen molar-refractivity contribution in [1.82, 2.24) is 10.0 Å². The molecule has 0 aliphatic heterocycles. The van der Waals surface area contributed by atoms with Gasteiger partial charge in [-0.3, -0.25) is 9.52 Å². The van der Waals surface area contributed by atoms with Gasteiger partial charge in [-0.1, -0.05) is 0 Å². The second-order valence-corrected chi connectivity index (χ2v) is 10.2. The van der Waals surface area contributed by atoms with Crippen LogP contribution in [0.1, 0.15) is 53.9 Å². The lowest BCUT2D eigenvalue weighted by Gasteiger charge is -2.24. The first-order chi connectivity index (χ1) is 10.7. The number of rotatable bonds is 5. The molecule has 2 fully saturated rings. The molecule has 2 amide bonds. The Bertz CT molecular complexity index is 651. The Morgan fingerprint density at radius 1 is 1.29 bits per heavy atom. The van der Waals surface area contributed by atoms with Crippen LogP contribution in [0.25, 0.3) is 0 Å². The third kappa shape index (κ3) is 3.65. The SMILES string of the molecule is CC(F)[C@@H]1C[C@]1(NC(=O)OC(C)(C)C)C(=O)NS(=O)(=O)C1(C)CC1. The number of sulfonamides is 1. The van der Waals surface area contributed by atoms with Crippen LogP contribution in [-0.2, 0) is 19.6 Å². The minimum Gasteiger partial charge on any atom is -0.444 e. The van der Waals surface area contributed by atoms with Gasteiger partial charge in [0.25, 0.3) is 5.91 Å². The van der Waals surface area contributed by atoms with Crippen LogP contribution < -0.4 is 10.0 Å². The average molecular weight is 364 g/mol. The number of hydrogen-bond donors (Lipinski definition) is 2. The van der Waals surface area contributed by atoms with Crippen molar-refractivity contribution in [3.63, 3.8) is 0 Å². The Morgan fingerprint density at radius 2 is 1.83 bits per heavy atom. The molecule has 2 aliphatic carbocycles. The number of hydrogen-bond acceptors (Lipinski definition) is 5. The van der Waals surface area contributed by atoms with Crippen molar-refractivity contribution in [3.05, 3.63) is 0 Å². The summed E-state index contributed by atoms with van der Waals surface area (Å²) in [4.78, 5) is 24.5. The predicted molar refractivity (Wildman–Crippen MR) is 85.5 cm³/mol. The molecule has 0 radical (unpaired) electrons. The van der Waals surface area contributed by atoms with Gasteiger partial charge in [0.2, 0.25) is 10.0 Å². The molecule has 0 aromatic heterocycles. The summed E-state index contributed by atoms with van der Waals surface area (Å²) in [6, 6.07) is 0. The quantitative estimate of drug-likeness (QED) is 0.772. The number of carbonyl (C=O) groups excluding carboxylic acids is 2. The maximum atomic E-state index is 13.7. The lowest BCUT2D eigenvalue weighted by molar-refractivity contribution is -0.123. The molecule has 0 aromatic carbocycles. The van der Waals surface area contributed by atoms with Gasteiger partial charge in [-0.2, -0.15) is 0 Å². The van der Waals surface area contributed by atoms with Crippen molar-refractivity contribution < 1.29 is 27.1 Å². The van der Waals surface area contributed by atoms with Crippen LogP contribution in [0.15, 0.2) is 0 Å². The molecular weight excluding hydrogens is 339 g/mol. The molecule has 0 aromatic rings. The van der Waals surface area contributed by atoms with Crippen molar-refractivity contribution in [3.8, 4) is 0 Å². The zero-order chi connectivity index (χ0) is 18.6. The molecule has 2 aliphatic rings. The summed E-state index contributed by atoms with van der Waals surface area (Å²) in [5, 5.41) is 2.37. The van der Waals surface area contributed by atoms with E-state index in [1.807, 2.05) is 4.72 Å². The highest BCUT2D eigenvalue weighted by Crippen LogP contribution is 2.48. The molecule has 0 heterocycles. The van der Waals surface area contributed by atoms with Crippen LogP contribution in [0.2, 0.25) is 0 Å². The summed E-state index contributed by atoms with van der Waals surface area (Å²) in [5.41, 5.74) is -2.38. The van der Waals surface area contributed by atoms with Gasteiger partial charge in [0, 0.05) is 5.92 Å². The molecular formula is C15H25FN2O5S. The molecule has 24 heavy (non-hydrogen) atoms. The van der Waals surface area contributed by atoms with E-state index in [-0.39, 0.29) is 6.42 Å². The molecule has 0 bridgehead atoms. The topological polar surface area (TPSA) is 102 Å². The molecule has 0 spiro atoms. The van der Waals surface area contributed by atoms with Crippen LogP contribution >= 0.6 is 0 Å². The summed E-state index contributed by atoms with van der Waals surface area (Å²) >= 11 is 0. The molecule has 3 atom stereocenters. The summed E-state index contributed by atoms with van der Waals surface area (Å²) in [6.45, 7) is 7.77. The van der Waals surface area contributed by atoms with Gasteiger partial charge in [-0.25, -0.2) is 17.6 Å². The van der Waals surface area contributed by atoms with E-state index in [0.29, 0.717) is 12.8 Å². The largest absolute Gasteiger partial charge is 0.444 e. The van der Waals surface area contributed by atoms with Crippen molar-refractivity contribution in [1.29, 1.82) is 0 Å². The number of carbonyl (C=O) groups is 2. The lowest BCUT2D eigenvalue weighted by atomic mass is 10.1. The van der Waals surface area contributed by atoms with E-state index in [0.717, 1.165) is 0 Å². The van der Waals surface area contributed by atoms with Crippen LogP contribution in [0.4, 0.5) is 9.18 Å². The third-order valence-corrected chi connectivity index (χ3v) is 6.69. The highest BCUT2D eigenvalue weighted by molar-refractivity contribution is 7.91. The fourth-order valence-electron chi connectivity index (χ4n) is 2.57. The second-order valence-electron chi connectivity index (χ2n) is 7.97. The minimum atomic E-state index is -3.86. The lowest BCUT2D eigenvalue weighted by Crippen LogP contribution is -2.54. The van der Waals surface area contributed by atoms with Gasteiger partial charge in [0.05, 0.1) is 4.75 Å². The van der Waals surface area contributed by atoms with Gasteiger partial charge in [-0.05, 0) is 53.9 Å². The maximum Gasteiger partial charge on any atom is 0.408 e. The van der Waals surface area contributed by atoms with Crippen LogP contribution in [0.5, 0.6) is 0 Å². The third-order valence-electron chi connectivity index (χ3n) is 4.53. The molecule has 9 heteroatoms. The zero-order valence-electron chi connectivity index (χ0n) is 14.6. The Kier molecular flexibility index (Phi) is 4.40. The van der Waals surface area contributed by atoms with E-state index in [4.69, 9.17) is 4.74 Å². The van der Waals surface area contributed by atoms with Crippen LogP contribution in [0.3, 0.4) is 0 Å². The first kappa shape index (κ1) is 19.0. The first-order valence-electron chi connectivity index (χ1n) is 7.94. The van der Waals surface area contributed by atoms with Gasteiger partial charge in [0.15, 0.2) is 0 Å². The molecule has 2 rings (SSSR count). The van der Waals surface area contributed by atoms with E-state index in [1.165, 1.54) is 6.92 Å². The molecule has 7 nitrogen and oxygen atoms in total. The van der Waals surface area contributed by atoms with Crippen molar-refractivity contribution in [2.45, 2.75) is 75.9 Å². The number of nitrogens with one attached hydrogen (secondary N) is 2. The van der Waals surface area contributed by atoms with Gasteiger partial charge in [0.1, 0.15) is 17.3 Å². The van der Waals surface area contributed by atoms with E-state index >= 15 is 0 Å². The van der Waals surface area contributed by atoms with E-state index in [1.54, 1.807) is 27.7 Å². The van der Waals surface area contributed by atoms with Crippen LogP contribution in [0, 0.1) is 5.92 Å². The fraction of sp³-hybridized carbons (Fsp3) is 0.867. The van der Waals surface area contributed by atoms with Gasteiger partial charge < -0.3 is 10.1 Å². The molecule has 2 saturated carbocycles. The highest BCUT2D eigenvalue weighted by Gasteiger charge is 2.65. The summed E-state index contributed by atoms with van der Waals surface area (Å²) in [6.07, 6.45) is -1.29. The summed E-state index contributed by atoms with van der Waals surface area (Å²) < 4.78 is 44.3. The zero-order valence-corrected chi connectivity index (χ0v) is 15.4. The Hall–Kier alpha value is -1.38. The smallest absolute Gasteiger partial charge is 0.408 e. The Balaban J connectivity index is 2.14. The molecule has 0 saturated heterocycles. The van der Waals surface area contributed by atoms with E-state index in [9.17, 15) is 22.4 Å². The second kappa shape index (κ2) is 5.57. The highest BCUT2D eigenvalue weighted by atomic mass is 32.2. The Morgan fingerprint density at radius 3 is 2.21 bits per heavy atom. The normalized spacial score (nSPS) is 29.3. The molecule has 138 valence electrons. The minimum absolute atomic E-state index is 0.0297. The predicted octanol–water partition coefficient (Wildman–Crippen LogP) is 1.63. The monoisotopic (exact) mass is 364 g/mol. The number of amides is 2. The molecule has 2 N–H and O–H groups in total. The fourth-order valence-corrected chi connectivity index (χ4v) is 3.88. The van der Waals surface area contributed by atoms with Crippen molar-refractivity contribution in [2.75, 3.05) is 0 Å². The van der Waals surface area contributed by atoms with Gasteiger partial charge in [-0.15, -0.1) is 0 Å². The average Bonchev–Trinajstić information content (AvgIpc) is 3.23.